The predicted molar refractivity (Wildman–Crippen MR) is 106 cm³/mol. The maximum atomic E-state index is 6.20. The third-order valence-electron chi connectivity index (χ3n) is 3.83. The molecule has 3 aromatic carbocycles. The molecule has 4 heteroatoms. The van der Waals surface area contributed by atoms with Crippen LogP contribution in [0.5, 0.6) is 5.75 Å². The number of halogens is 2. The van der Waals surface area contributed by atoms with Gasteiger partial charge in [0.15, 0.2) is 0 Å². The van der Waals surface area contributed by atoms with Crippen molar-refractivity contribution in [2.24, 2.45) is 0 Å². The lowest BCUT2D eigenvalue weighted by molar-refractivity contribution is 0.322. The van der Waals surface area contributed by atoms with E-state index in [2.05, 4.69) is 17.4 Å². The zero-order chi connectivity index (χ0) is 17.5. The Labute approximate surface area is 158 Å². The summed E-state index contributed by atoms with van der Waals surface area (Å²) in [5.41, 5.74) is 3.26. The minimum Gasteiger partial charge on any atom is -0.493 e. The molecule has 0 saturated carbocycles. The molecule has 0 bridgehead atoms. The van der Waals surface area contributed by atoms with Gasteiger partial charge < -0.3 is 10.1 Å². The highest BCUT2D eigenvalue weighted by atomic mass is 35.5. The molecule has 25 heavy (non-hydrogen) atoms. The number of ether oxygens (including phenoxy) is 1. The van der Waals surface area contributed by atoms with Crippen LogP contribution in [0.1, 0.15) is 11.1 Å². The zero-order valence-electron chi connectivity index (χ0n) is 13.7. The lowest BCUT2D eigenvalue weighted by Gasteiger charge is -2.11. The number of anilines is 1. The van der Waals surface area contributed by atoms with E-state index in [0.717, 1.165) is 23.4 Å². The van der Waals surface area contributed by atoms with Gasteiger partial charge in [-0.15, -0.1) is 0 Å². The summed E-state index contributed by atoms with van der Waals surface area (Å²) in [4.78, 5) is 0. The van der Waals surface area contributed by atoms with E-state index in [1.807, 2.05) is 54.6 Å². The first-order chi connectivity index (χ1) is 12.2. The summed E-state index contributed by atoms with van der Waals surface area (Å²) in [5.74, 6) is 0.850. The van der Waals surface area contributed by atoms with Gasteiger partial charge in [0.05, 0.1) is 6.61 Å². The number of benzene rings is 3. The number of nitrogens with one attached hydrogen (secondary N) is 1. The summed E-state index contributed by atoms with van der Waals surface area (Å²) in [6.07, 6.45) is 0.888. The van der Waals surface area contributed by atoms with E-state index in [0.29, 0.717) is 23.2 Å². The minimum absolute atomic E-state index is 0.628. The lowest BCUT2D eigenvalue weighted by Crippen LogP contribution is -2.03. The second-order valence-electron chi connectivity index (χ2n) is 5.70. The van der Waals surface area contributed by atoms with Crippen LogP contribution in [0.3, 0.4) is 0 Å². The van der Waals surface area contributed by atoms with Gasteiger partial charge in [0, 0.05) is 34.8 Å². The molecular weight excluding hydrogens is 353 g/mol. The standard InChI is InChI=1S/C21H19Cl2NO/c22-18-10-9-17(21(23)13-18)15-24-19-7-4-8-20(14-19)25-12-11-16-5-2-1-3-6-16/h1-10,13-14,24H,11-12,15H2. The van der Waals surface area contributed by atoms with Crippen LogP contribution in [0.4, 0.5) is 5.69 Å². The Bertz CT molecular complexity index is 821. The molecule has 0 aliphatic heterocycles. The maximum absolute atomic E-state index is 6.20. The van der Waals surface area contributed by atoms with Gasteiger partial charge in [0.2, 0.25) is 0 Å². The van der Waals surface area contributed by atoms with E-state index >= 15 is 0 Å². The van der Waals surface area contributed by atoms with E-state index in [-0.39, 0.29) is 0 Å². The molecule has 128 valence electrons. The maximum Gasteiger partial charge on any atom is 0.121 e. The Morgan fingerprint density at radius 2 is 1.68 bits per heavy atom. The third kappa shape index (κ3) is 5.42. The molecule has 1 N–H and O–H groups in total. The molecule has 0 aliphatic carbocycles. The first-order valence-electron chi connectivity index (χ1n) is 8.15. The number of hydrogen-bond acceptors (Lipinski definition) is 2. The van der Waals surface area contributed by atoms with Crippen LogP contribution in [0.25, 0.3) is 0 Å². The summed E-state index contributed by atoms with van der Waals surface area (Å²) < 4.78 is 5.86. The van der Waals surface area contributed by atoms with Crippen LogP contribution in [0, 0.1) is 0 Å². The summed E-state index contributed by atoms with van der Waals surface area (Å²) in [6.45, 7) is 1.28. The van der Waals surface area contributed by atoms with Gasteiger partial charge in [0.25, 0.3) is 0 Å². The van der Waals surface area contributed by atoms with Gasteiger partial charge in [-0.3, -0.25) is 0 Å². The molecule has 0 spiro atoms. The highest BCUT2D eigenvalue weighted by Gasteiger charge is 2.02. The van der Waals surface area contributed by atoms with Crippen LogP contribution in [0.15, 0.2) is 72.8 Å². The van der Waals surface area contributed by atoms with E-state index in [9.17, 15) is 0 Å². The Balaban J connectivity index is 1.54. The second-order valence-corrected chi connectivity index (χ2v) is 6.54. The van der Waals surface area contributed by atoms with Crippen molar-refractivity contribution in [1.29, 1.82) is 0 Å². The molecule has 0 aromatic heterocycles. The molecule has 3 aromatic rings. The Kier molecular flexibility index (Phi) is 6.21. The van der Waals surface area contributed by atoms with Crippen molar-refractivity contribution in [2.75, 3.05) is 11.9 Å². The van der Waals surface area contributed by atoms with E-state index in [4.69, 9.17) is 27.9 Å². The normalized spacial score (nSPS) is 10.5. The third-order valence-corrected chi connectivity index (χ3v) is 4.42. The average Bonchev–Trinajstić information content (AvgIpc) is 2.62. The van der Waals surface area contributed by atoms with Crippen LogP contribution >= 0.6 is 23.2 Å². The van der Waals surface area contributed by atoms with Crippen LogP contribution in [0.2, 0.25) is 10.0 Å². The number of rotatable bonds is 7. The van der Waals surface area contributed by atoms with Crippen molar-refractivity contribution in [3.05, 3.63) is 94.0 Å². The minimum atomic E-state index is 0.628. The first-order valence-corrected chi connectivity index (χ1v) is 8.91. The molecule has 0 unspecified atom stereocenters. The van der Waals surface area contributed by atoms with Crippen LogP contribution in [-0.2, 0) is 13.0 Å². The molecule has 0 fully saturated rings. The van der Waals surface area contributed by atoms with E-state index in [1.54, 1.807) is 6.07 Å². The highest BCUT2D eigenvalue weighted by Crippen LogP contribution is 2.23. The number of hydrogen-bond donors (Lipinski definition) is 1. The summed E-state index contributed by atoms with van der Waals surface area (Å²) >= 11 is 12.1. The predicted octanol–water partition coefficient (Wildman–Crippen LogP) is 6.23. The Morgan fingerprint density at radius 1 is 0.840 bits per heavy atom. The van der Waals surface area contributed by atoms with Gasteiger partial charge in [-0.2, -0.15) is 0 Å². The quantitative estimate of drug-likeness (QED) is 0.531. The van der Waals surface area contributed by atoms with Crippen molar-refractivity contribution in [3.8, 4) is 5.75 Å². The fourth-order valence-electron chi connectivity index (χ4n) is 2.49. The Morgan fingerprint density at radius 3 is 2.48 bits per heavy atom. The van der Waals surface area contributed by atoms with Gasteiger partial charge in [0.1, 0.15) is 5.75 Å². The summed E-state index contributed by atoms with van der Waals surface area (Å²) in [7, 11) is 0. The molecule has 2 nitrogen and oxygen atoms in total. The molecular formula is C21H19Cl2NO. The molecule has 0 heterocycles. The molecule has 0 radical (unpaired) electrons. The monoisotopic (exact) mass is 371 g/mol. The van der Waals surface area contributed by atoms with Gasteiger partial charge >= 0.3 is 0 Å². The smallest absolute Gasteiger partial charge is 0.121 e. The van der Waals surface area contributed by atoms with Crippen molar-refractivity contribution in [1.82, 2.24) is 0 Å². The van der Waals surface area contributed by atoms with Crippen molar-refractivity contribution < 1.29 is 4.74 Å². The molecule has 0 amide bonds. The van der Waals surface area contributed by atoms with Crippen LogP contribution < -0.4 is 10.1 Å². The first kappa shape index (κ1) is 17.7. The largest absolute Gasteiger partial charge is 0.493 e. The zero-order valence-corrected chi connectivity index (χ0v) is 15.2. The molecule has 0 atom stereocenters. The molecule has 0 aliphatic rings. The SMILES string of the molecule is Clc1ccc(CNc2cccc(OCCc3ccccc3)c2)c(Cl)c1. The van der Waals surface area contributed by atoms with Gasteiger partial charge in [-0.25, -0.2) is 0 Å². The molecule has 0 saturated heterocycles. The van der Waals surface area contributed by atoms with E-state index in [1.165, 1.54) is 5.56 Å². The fraction of sp³-hybridized carbons (Fsp3) is 0.143. The fourth-order valence-corrected chi connectivity index (χ4v) is 2.96. The summed E-state index contributed by atoms with van der Waals surface area (Å²) in [5, 5.41) is 4.67. The van der Waals surface area contributed by atoms with Crippen molar-refractivity contribution in [2.45, 2.75) is 13.0 Å². The second kappa shape index (κ2) is 8.80. The summed E-state index contributed by atoms with van der Waals surface area (Å²) in [6, 6.07) is 23.8. The Hall–Kier alpha value is -2.16. The van der Waals surface area contributed by atoms with E-state index < -0.39 is 0 Å². The van der Waals surface area contributed by atoms with Crippen molar-refractivity contribution in [3.63, 3.8) is 0 Å². The topological polar surface area (TPSA) is 21.3 Å². The molecule has 3 rings (SSSR count). The van der Waals surface area contributed by atoms with Gasteiger partial charge in [-0.05, 0) is 35.4 Å². The highest BCUT2D eigenvalue weighted by molar-refractivity contribution is 6.35. The van der Waals surface area contributed by atoms with Crippen molar-refractivity contribution >= 4 is 28.9 Å². The van der Waals surface area contributed by atoms with Crippen LogP contribution in [-0.4, -0.2) is 6.61 Å². The lowest BCUT2D eigenvalue weighted by atomic mass is 10.2. The van der Waals surface area contributed by atoms with Gasteiger partial charge in [-0.1, -0.05) is 65.7 Å². The average molecular weight is 372 g/mol.